The molecule has 1 aliphatic rings. The summed E-state index contributed by atoms with van der Waals surface area (Å²) in [5.74, 6) is 0. The van der Waals surface area contributed by atoms with Crippen molar-refractivity contribution >= 4 is 16.6 Å². The van der Waals surface area contributed by atoms with Crippen LogP contribution in [0.4, 0.5) is 18.9 Å². The molecule has 1 fully saturated rings. The Morgan fingerprint density at radius 2 is 1.71 bits per heavy atom. The molecule has 2 aromatic carbocycles. The Kier molecular flexibility index (Phi) is 5.96. The lowest BCUT2D eigenvalue weighted by molar-refractivity contribution is -0.137. The molecule has 4 heterocycles. The summed E-state index contributed by atoms with van der Waals surface area (Å²) in [5, 5.41) is 4.13. The zero-order valence-electron chi connectivity index (χ0n) is 20.2. The third-order valence-corrected chi connectivity index (χ3v) is 6.72. The van der Waals surface area contributed by atoms with Gasteiger partial charge < -0.3 is 15.2 Å². The fourth-order valence-electron chi connectivity index (χ4n) is 4.86. The van der Waals surface area contributed by atoms with Crippen molar-refractivity contribution in [3.05, 3.63) is 95.3 Å². The molecule has 0 atom stereocenters. The summed E-state index contributed by atoms with van der Waals surface area (Å²) in [6.45, 7) is 2.15. The summed E-state index contributed by atoms with van der Waals surface area (Å²) < 4.78 is 43.7. The maximum atomic E-state index is 14.1. The van der Waals surface area contributed by atoms with E-state index in [2.05, 4.69) is 20.3 Å². The Hall–Kier alpha value is -4.44. The number of imidazole rings is 1. The highest BCUT2D eigenvalue weighted by atomic mass is 19.4. The molecule has 10 heteroatoms. The molecule has 0 amide bonds. The van der Waals surface area contributed by atoms with E-state index >= 15 is 0 Å². The minimum atomic E-state index is -4.59. The number of para-hydroxylation sites is 1. The molecular weight excluding hydrogens is 493 g/mol. The number of anilines is 1. The number of fused-ring (bicyclic) bond motifs is 1. The molecule has 2 N–H and O–H groups in total. The number of nitrogens with one attached hydrogen (secondary N) is 2. The van der Waals surface area contributed by atoms with Crippen molar-refractivity contribution in [1.29, 1.82) is 0 Å². The lowest BCUT2D eigenvalue weighted by Gasteiger charge is -2.31. The SMILES string of the molecule is O=c1[nH]cc(-c2cc(-c3cnc4ccccc4c3)ccn2)n1-c1ccc(N2CCNCC2)c(C(F)(F)F)c1. The van der Waals surface area contributed by atoms with E-state index in [0.29, 0.717) is 37.6 Å². The van der Waals surface area contributed by atoms with Crippen molar-refractivity contribution in [2.75, 3.05) is 31.1 Å². The van der Waals surface area contributed by atoms with Gasteiger partial charge in [-0.15, -0.1) is 0 Å². The Bertz CT molecular complexity index is 1680. The smallest absolute Gasteiger partial charge is 0.368 e. The lowest BCUT2D eigenvalue weighted by atomic mass is 10.0. The van der Waals surface area contributed by atoms with Gasteiger partial charge in [0.05, 0.1) is 28.2 Å². The molecule has 0 unspecified atom stereocenters. The number of hydrogen-bond acceptors (Lipinski definition) is 5. The van der Waals surface area contributed by atoms with Crippen LogP contribution in [0.25, 0.3) is 39.1 Å². The van der Waals surface area contributed by atoms with Crippen LogP contribution in [0, 0.1) is 0 Å². The molecular formula is C28H23F3N6O. The number of rotatable bonds is 4. The first kappa shape index (κ1) is 23.9. The molecule has 6 rings (SSSR count). The van der Waals surface area contributed by atoms with Crippen LogP contribution in [-0.2, 0) is 6.18 Å². The van der Waals surface area contributed by atoms with Crippen molar-refractivity contribution < 1.29 is 13.2 Å². The molecule has 1 aliphatic heterocycles. The number of halogens is 3. The van der Waals surface area contributed by atoms with Gasteiger partial charge in [0, 0.05) is 61.4 Å². The minimum Gasteiger partial charge on any atom is -0.368 e. The largest absolute Gasteiger partial charge is 0.418 e. The van der Waals surface area contributed by atoms with Gasteiger partial charge in [-0.25, -0.2) is 4.79 Å². The van der Waals surface area contributed by atoms with Crippen LogP contribution >= 0.6 is 0 Å². The number of piperazine rings is 1. The standard InChI is InChI=1S/C28H23F3N6O/c29-28(30,31)22-15-21(5-6-25(22)36-11-9-32-10-12-36)37-26(17-35-27(37)38)24-14-18(7-8-33-24)20-13-19-3-1-2-4-23(19)34-16-20/h1-8,13-17,32H,9-12H2,(H,35,38). The molecule has 3 aromatic heterocycles. The van der Waals surface area contributed by atoms with Crippen LogP contribution in [0.1, 0.15) is 5.56 Å². The third kappa shape index (κ3) is 4.43. The maximum absolute atomic E-state index is 14.1. The monoisotopic (exact) mass is 516 g/mol. The average Bonchev–Trinajstić information content (AvgIpc) is 3.34. The summed E-state index contributed by atoms with van der Waals surface area (Å²) in [5.41, 5.74) is 2.23. The van der Waals surface area contributed by atoms with Gasteiger partial charge in [-0.2, -0.15) is 13.2 Å². The van der Waals surface area contributed by atoms with Crippen LogP contribution in [0.5, 0.6) is 0 Å². The van der Waals surface area contributed by atoms with E-state index in [1.165, 1.54) is 16.8 Å². The second kappa shape index (κ2) is 9.46. The zero-order chi connectivity index (χ0) is 26.3. The Morgan fingerprint density at radius 1 is 0.895 bits per heavy atom. The number of hydrogen-bond donors (Lipinski definition) is 2. The van der Waals surface area contributed by atoms with E-state index in [0.717, 1.165) is 28.1 Å². The Balaban J connectivity index is 1.43. The van der Waals surface area contributed by atoms with Crippen LogP contribution in [0.3, 0.4) is 0 Å². The predicted molar refractivity (Wildman–Crippen MR) is 140 cm³/mol. The molecule has 1 saturated heterocycles. The quantitative estimate of drug-likeness (QED) is 0.356. The highest BCUT2D eigenvalue weighted by molar-refractivity contribution is 5.84. The van der Waals surface area contributed by atoms with Gasteiger partial charge in [-0.3, -0.25) is 14.5 Å². The highest BCUT2D eigenvalue weighted by Crippen LogP contribution is 2.38. The van der Waals surface area contributed by atoms with E-state index in [-0.39, 0.29) is 11.4 Å². The molecule has 0 spiro atoms. The number of nitrogens with zero attached hydrogens (tertiary/aromatic N) is 4. The minimum absolute atomic E-state index is 0.108. The van der Waals surface area contributed by atoms with E-state index < -0.39 is 17.4 Å². The van der Waals surface area contributed by atoms with Gasteiger partial charge in [0.15, 0.2) is 0 Å². The maximum Gasteiger partial charge on any atom is 0.418 e. The van der Waals surface area contributed by atoms with Gasteiger partial charge in [0.25, 0.3) is 0 Å². The number of alkyl halides is 3. The van der Waals surface area contributed by atoms with Crippen LogP contribution < -0.4 is 15.9 Å². The van der Waals surface area contributed by atoms with Crippen LogP contribution in [0.15, 0.2) is 84.0 Å². The van der Waals surface area contributed by atoms with E-state index in [1.54, 1.807) is 29.4 Å². The van der Waals surface area contributed by atoms with Crippen LogP contribution in [-0.4, -0.2) is 45.7 Å². The molecule has 0 saturated carbocycles. The fourth-order valence-corrected chi connectivity index (χ4v) is 4.86. The number of benzene rings is 2. The summed E-state index contributed by atoms with van der Waals surface area (Å²) in [4.78, 5) is 26.1. The first-order chi connectivity index (χ1) is 18.4. The number of pyridine rings is 2. The molecule has 192 valence electrons. The molecule has 0 radical (unpaired) electrons. The average molecular weight is 517 g/mol. The molecule has 0 aliphatic carbocycles. The lowest BCUT2D eigenvalue weighted by Crippen LogP contribution is -2.44. The molecule has 0 bridgehead atoms. The molecule has 5 aromatic rings. The zero-order valence-corrected chi connectivity index (χ0v) is 20.2. The number of aromatic amines is 1. The molecule has 7 nitrogen and oxygen atoms in total. The van der Waals surface area contributed by atoms with Crippen molar-refractivity contribution in [3.8, 4) is 28.2 Å². The topological polar surface area (TPSA) is 78.8 Å². The highest BCUT2D eigenvalue weighted by Gasteiger charge is 2.36. The first-order valence-corrected chi connectivity index (χ1v) is 12.2. The third-order valence-electron chi connectivity index (χ3n) is 6.72. The van der Waals surface area contributed by atoms with E-state index in [4.69, 9.17) is 0 Å². The van der Waals surface area contributed by atoms with Crippen molar-refractivity contribution in [2.24, 2.45) is 0 Å². The normalized spacial score (nSPS) is 14.2. The summed E-state index contributed by atoms with van der Waals surface area (Å²) in [7, 11) is 0. The van der Waals surface area contributed by atoms with Gasteiger partial charge in [-0.05, 0) is 48.0 Å². The Morgan fingerprint density at radius 3 is 2.53 bits per heavy atom. The van der Waals surface area contributed by atoms with E-state index in [9.17, 15) is 18.0 Å². The fraction of sp³-hybridized carbons (Fsp3) is 0.179. The summed E-state index contributed by atoms with van der Waals surface area (Å²) in [6, 6.07) is 17.4. The van der Waals surface area contributed by atoms with Crippen molar-refractivity contribution in [2.45, 2.75) is 6.18 Å². The summed E-state index contributed by atoms with van der Waals surface area (Å²) >= 11 is 0. The van der Waals surface area contributed by atoms with Gasteiger partial charge in [0.1, 0.15) is 0 Å². The predicted octanol–water partition coefficient (Wildman–Crippen LogP) is 4.87. The number of aromatic nitrogens is 4. The Labute approximate surface area is 215 Å². The van der Waals surface area contributed by atoms with Gasteiger partial charge >= 0.3 is 11.9 Å². The van der Waals surface area contributed by atoms with Crippen molar-refractivity contribution in [3.63, 3.8) is 0 Å². The second-order valence-electron chi connectivity index (χ2n) is 9.10. The van der Waals surface area contributed by atoms with Gasteiger partial charge in [0.2, 0.25) is 0 Å². The van der Waals surface area contributed by atoms with Crippen molar-refractivity contribution in [1.82, 2.24) is 24.8 Å². The second-order valence-corrected chi connectivity index (χ2v) is 9.10. The number of H-pyrrole nitrogens is 1. The van der Waals surface area contributed by atoms with Crippen LogP contribution in [0.2, 0.25) is 0 Å². The van der Waals surface area contributed by atoms with E-state index in [1.807, 2.05) is 36.4 Å². The van der Waals surface area contributed by atoms with Gasteiger partial charge in [-0.1, -0.05) is 18.2 Å². The summed E-state index contributed by atoms with van der Waals surface area (Å²) in [6.07, 6.45) is 0.245. The first-order valence-electron chi connectivity index (χ1n) is 12.2. The molecule has 38 heavy (non-hydrogen) atoms.